The molecule has 9 heteroatoms. The van der Waals surface area contributed by atoms with Gasteiger partial charge in [0.2, 0.25) is 5.82 Å². The number of benzene rings is 1. The Kier molecular flexibility index (Phi) is 6.74. The minimum Gasteiger partial charge on any atom is -0.365 e. The Labute approximate surface area is 150 Å². The molecule has 0 fully saturated rings. The molecule has 0 radical (unpaired) electrons. The minimum absolute atomic E-state index is 0.112. The molecule has 0 aliphatic carbocycles. The Bertz CT molecular complexity index is 684. The van der Waals surface area contributed by atoms with Crippen LogP contribution in [0.5, 0.6) is 0 Å². The summed E-state index contributed by atoms with van der Waals surface area (Å²) in [6, 6.07) is 6.82. The average molecular weight is 372 g/mol. The minimum atomic E-state index is -4.66. The highest BCUT2D eigenvalue weighted by Crippen LogP contribution is 2.29. The molecule has 1 unspecified atom stereocenters. The summed E-state index contributed by atoms with van der Waals surface area (Å²) in [7, 11) is 0. The molecule has 0 saturated heterocycles. The first-order valence-corrected chi connectivity index (χ1v) is 8.46. The molecule has 1 atom stereocenters. The number of hydrogen-bond donors (Lipinski definition) is 1. The lowest BCUT2D eigenvalue weighted by Crippen LogP contribution is -2.47. The molecule has 1 aromatic carbocycles. The van der Waals surface area contributed by atoms with Gasteiger partial charge in [0.05, 0.1) is 0 Å². The summed E-state index contributed by atoms with van der Waals surface area (Å²) in [5.74, 6) is -1.48. The maximum absolute atomic E-state index is 12.5. The van der Waals surface area contributed by atoms with E-state index in [1.54, 1.807) is 24.3 Å². The fourth-order valence-corrected chi connectivity index (χ4v) is 2.59. The zero-order valence-corrected chi connectivity index (χ0v) is 15.0. The van der Waals surface area contributed by atoms with Crippen LogP contribution in [0.1, 0.15) is 32.2 Å². The Morgan fingerprint density at radius 2 is 1.62 bits per heavy atom. The molecule has 0 spiro atoms. The van der Waals surface area contributed by atoms with Gasteiger partial charge in [0, 0.05) is 12.1 Å². The van der Waals surface area contributed by atoms with Gasteiger partial charge in [-0.2, -0.15) is 18.2 Å². The first-order chi connectivity index (χ1) is 12.3. The second-order valence-electron chi connectivity index (χ2n) is 5.75. The van der Waals surface area contributed by atoms with Gasteiger partial charge in [0.1, 0.15) is 0 Å². The average Bonchev–Trinajstić information content (AvgIpc) is 3.11. The molecular formula is C17H23F3N4O2. The Balaban J connectivity index is 2.10. The molecule has 6 nitrogen and oxygen atoms in total. The second kappa shape index (κ2) is 8.61. The van der Waals surface area contributed by atoms with E-state index in [9.17, 15) is 18.3 Å². The molecular weight excluding hydrogens is 349 g/mol. The number of alkyl halides is 3. The molecule has 0 aliphatic heterocycles. The number of hydrogen-bond acceptors (Lipinski definition) is 6. The van der Waals surface area contributed by atoms with Gasteiger partial charge in [-0.3, -0.25) is 9.80 Å². The first kappa shape index (κ1) is 20.3. The van der Waals surface area contributed by atoms with Crippen molar-refractivity contribution in [3.8, 4) is 11.4 Å². The fraction of sp³-hybridized carbons (Fsp3) is 0.529. The van der Waals surface area contributed by atoms with Crippen LogP contribution in [0.15, 0.2) is 28.8 Å². The highest BCUT2D eigenvalue weighted by Gasteiger charge is 2.38. The van der Waals surface area contributed by atoms with E-state index >= 15 is 0 Å². The predicted molar refractivity (Wildman–Crippen MR) is 89.7 cm³/mol. The predicted octanol–water partition coefficient (Wildman–Crippen LogP) is 3.20. The van der Waals surface area contributed by atoms with E-state index in [1.165, 1.54) is 0 Å². The number of aliphatic hydroxyl groups excluding tert-OH is 1. The zero-order valence-electron chi connectivity index (χ0n) is 15.0. The Morgan fingerprint density at radius 3 is 2.08 bits per heavy atom. The van der Waals surface area contributed by atoms with Crippen LogP contribution in [-0.4, -0.2) is 51.0 Å². The smallest absolute Gasteiger partial charge is 0.365 e. The van der Waals surface area contributed by atoms with Crippen molar-refractivity contribution < 1.29 is 22.8 Å². The molecule has 26 heavy (non-hydrogen) atoms. The molecule has 0 bridgehead atoms. The highest BCUT2D eigenvalue weighted by molar-refractivity contribution is 5.54. The third kappa shape index (κ3) is 4.80. The van der Waals surface area contributed by atoms with Crippen molar-refractivity contribution in [1.29, 1.82) is 0 Å². The monoisotopic (exact) mass is 372 g/mol. The summed E-state index contributed by atoms with van der Waals surface area (Å²) >= 11 is 0. The summed E-state index contributed by atoms with van der Waals surface area (Å²) < 4.78 is 41.8. The third-order valence-electron chi connectivity index (χ3n) is 4.14. The Hall–Kier alpha value is -1.97. The van der Waals surface area contributed by atoms with Crippen LogP contribution in [0.25, 0.3) is 11.4 Å². The fourth-order valence-electron chi connectivity index (χ4n) is 2.59. The highest BCUT2D eigenvalue weighted by atomic mass is 19.4. The van der Waals surface area contributed by atoms with Crippen molar-refractivity contribution in [3.63, 3.8) is 0 Å². The summed E-state index contributed by atoms with van der Waals surface area (Å²) in [6.45, 7) is 8.54. The molecule has 0 amide bonds. The van der Waals surface area contributed by atoms with Gasteiger partial charge >= 0.3 is 12.1 Å². The summed E-state index contributed by atoms with van der Waals surface area (Å²) in [4.78, 5) is 7.20. The third-order valence-corrected chi connectivity index (χ3v) is 4.14. The van der Waals surface area contributed by atoms with Crippen LogP contribution in [-0.2, 0) is 12.7 Å². The van der Waals surface area contributed by atoms with Gasteiger partial charge in [-0.05, 0) is 25.2 Å². The normalized spacial score (nSPS) is 13.6. The number of halogens is 3. The number of aliphatic hydroxyl groups is 1. The van der Waals surface area contributed by atoms with Crippen molar-refractivity contribution in [3.05, 3.63) is 35.7 Å². The zero-order chi connectivity index (χ0) is 19.3. The van der Waals surface area contributed by atoms with Crippen molar-refractivity contribution >= 4 is 0 Å². The van der Waals surface area contributed by atoms with Gasteiger partial charge < -0.3 is 9.63 Å². The van der Waals surface area contributed by atoms with E-state index in [-0.39, 0.29) is 5.82 Å². The van der Waals surface area contributed by atoms with Crippen LogP contribution >= 0.6 is 0 Å². The summed E-state index contributed by atoms with van der Waals surface area (Å²) in [5.41, 5.74) is 1.35. The van der Waals surface area contributed by atoms with E-state index in [1.807, 2.05) is 30.6 Å². The molecule has 0 aliphatic rings. The first-order valence-electron chi connectivity index (χ1n) is 8.46. The van der Waals surface area contributed by atoms with Crippen LogP contribution in [0.2, 0.25) is 0 Å². The molecule has 144 valence electrons. The summed E-state index contributed by atoms with van der Waals surface area (Å²) in [5, 5.41) is 13.8. The van der Waals surface area contributed by atoms with E-state index in [2.05, 4.69) is 14.7 Å². The van der Waals surface area contributed by atoms with E-state index in [4.69, 9.17) is 0 Å². The van der Waals surface area contributed by atoms with E-state index < -0.39 is 18.4 Å². The van der Waals surface area contributed by atoms with Gasteiger partial charge in [-0.15, -0.1) is 0 Å². The van der Waals surface area contributed by atoms with Crippen molar-refractivity contribution in [2.24, 2.45) is 0 Å². The van der Waals surface area contributed by atoms with Crippen molar-refractivity contribution in [1.82, 2.24) is 19.9 Å². The van der Waals surface area contributed by atoms with Crippen molar-refractivity contribution in [2.45, 2.75) is 39.8 Å². The largest absolute Gasteiger partial charge is 0.471 e. The molecule has 1 aromatic heterocycles. The number of aromatic nitrogens is 2. The standard InChI is InChI=1S/C17H23F3N4O2/c1-4-23(5-2)16(25)24(6-3)11-12-7-9-13(10-8-12)14-21-15(26-22-14)17(18,19)20/h7-10,16,25H,4-6,11H2,1-3H3. The van der Waals surface area contributed by atoms with Gasteiger partial charge in [-0.1, -0.05) is 50.2 Å². The SMILES string of the molecule is CCN(CC)C(O)N(CC)Cc1ccc(-c2noc(C(F)(F)F)n2)cc1. The van der Waals surface area contributed by atoms with E-state index in [0.717, 1.165) is 18.7 Å². The van der Waals surface area contributed by atoms with Crippen LogP contribution in [0, 0.1) is 0 Å². The number of nitrogens with zero attached hydrogens (tertiary/aromatic N) is 4. The molecule has 2 rings (SSSR count). The quantitative estimate of drug-likeness (QED) is 0.718. The lowest BCUT2D eigenvalue weighted by molar-refractivity contribution is -0.159. The molecule has 0 saturated carbocycles. The lowest BCUT2D eigenvalue weighted by Gasteiger charge is -2.34. The molecule has 1 heterocycles. The Morgan fingerprint density at radius 1 is 1.04 bits per heavy atom. The second-order valence-corrected chi connectivity index (χ2v) is 5.75. The van der Waals surface area contributed by atoms with Gasteiger partial charge in [0.25, 0.3) is 0 Å². The summed E-state index contributed by atoms with van der Waals surface area (Å²) in [6.07, 6.45) is -5.35. The topological polar surface area (TPSA) is 65.6 Å². The van der Waals surface area contributed by atoms with Crippen LogP contribution in [0.3, 0.4) is 0 Å². The van der Waals surface area contributed by atoms with Gasteiger partial charge in [-0.25, -0.2) is 0 Å². The lowest BCUT2D eigenvalue weighted by atomic mass is 10.1. The maximum atomic E-state index is 12.5. The maximum Gasteiger partial charge on any atom is 0.471 e. The van der Waals surface area contributed by atoms with Gasteiger partial charge in [0.15, 0.2) is 6.35 Å². The van der Waals surface area contributed by atoms with Crippen LogP contribution < -0.4 is 0 Å². The number of rotatable bonds is 8. The van der Waals surface area contributed by atoms with E-state index in [0.29, 0.717) is 18.7 Å². The molecule has 1 N–H and O–H groups in total. The van der Waals surface area contributed by atoms with Crippen molar-refractivity contribution in [2.75, 3.05) is 19.6 Å². The molecule has 2 aromatic rings. The van der Waals surface area contributed by atoms with Crippen LogP contribution in [0.4, 0.5) is 13.2 Å².